The third-order valence-electron chi connectivity index (χ3n) is 5.06. The zero-order chi connectivity index (χ0) is 18.8. The van der Waals surface area contributed by atoms with Crippen LogP contribution in [0.25, 0.3) is 22.6 Å². The van der Waals surface area contributed by atoms with E-state index in [0.717, 1.165) is 19.3 Å². The lowest BCUT2D eigenvalue weighted by molar-refractivity contribution is 0.0575. The largest absolute Gasteiger partial charge is 0.436 e. The lowest BCUT2D eigenvalue weighted by Crippen LogP contribution is -2.44. The molecule has 5 nitrogen and oxygen atoms in total. The van der Waals surface area contributed by atoms with Gasteiger partial charge < -0.3 is 14.4 Å². The minimum atomic E-state index is -0.356. The summed E-state index contributed by atoms with van der Waals surface area (Å²) in [6.07, 6.45) is 3.57. The highest BCUT2D eigenvalue weighted by Gasteiger charge is 2.27. The molecule has 27 heavy (non-hydrogen) atoms. The fourth-order valence-electron chi connectivity index (χ4n) is 3.69. The van der Waals surface area contributed by atoms with E-state index in [-0.39, 0.29) is 24.4 Å². The highest BCUT2D eigenvalue weighted by atomic mass is 19.1. The first kappa shape index (κ1) is 17.7. The molecule has 4 rings (SSSR count). The Labute approximate surface area is 156 Å². The molecular formula is C21H21FN2O3. The number of aromatic nitrogens is 1. The number of hydrogen-bond donors (Lipinski definition) is 1. The lowest BCUT2D eigenvalue weighted by Gasteiger charge is -2.35. The first-order valence-corrected chi connectivity index (χ1v) is 9.24. The van der Waals surface area contributed by atoms with Crippen LogP contribution in [-0.4, -0.2) is 40.1 Å². The Kier molecular flexibility index (Phi) is 4.90. The van der Waals surface area contributed by atoms with Crippen molar-refractivity contribution in [3.63, 3.8) is 0 Å². The molecule has 1 atom stereocenters. The number of amides is 1. The number of halogens is 1. The van der Waals surface area contributed by atoms with E-state index in [9.17, 15) is 14.3 Å². The Morgan fingerprint density at radius 3 is 2.96 bits per heavy atom. The first-order chi connectivity index (χ1) is 13.2. The van der Waals surface area contributed by atoms with Crippen molar-refractivity contribution >= 4 is 17.0 Å². The van der Waals surface area contributed by atoms with Gasteiger partial charge in [-0.3, -0.25) is 4.79 Å². The Morgan fingerprint density at radius 2 is 2.15 bits per heavy atom. The maximum absolute atomic E-state index is 13.4. The van der Waals surface area contributed by atoms with Crippen molar-refractivity contribution in [2.45, 2.75) is 31.7 Å². The second-order valence-corrected chi connectivity index (χ2v) is 6.87. The summed E-state index contributed by atoms with van der Waals surface area (Å²) in [7, 11) is 0. The second kappa shape index (κ2) is 7.48. The number of benzene rings is 2. The topological polar surface area (TPSA) is 66.6 Å². The molecule has 1 saturated heterocycles. The minimum absolute atomic E-state index is 0.0506. The van der Waals surface area contributed by atoms with Gasteiger partial charge in [-0.05, 0) is 62.1 Å². The van der Waals surface area contributed by atoms with Gasteiger partial charge in [0.15, 0.2) is 5.58 Å². The molecule has 0 spiro atoms. The maximum atomic E-state index is 13.4. The number of aliphatic hydroxyl groups excluding tert-OH is 1. The number of hydrogen-bond acceptors (Lipinski definition) is 4. The van der Waals surface area contributed by atoms with Gasteiger partial charge in [0.25, 0.3) is 5.91 Å². The quantitative estimate of drug-likeness (QED) is 0.756. The normalized spacial score (nSPS) is 17.4. The number of oxazole rings is 1. The molecule has 1 amide bonds. The molecule has 0 radical (unpaired) electrons. The number of piperidine rings is 1. The van der Waals surface area contributed by atoms with Crippen molar-refractivity contribution in [2.24, 2.45) is 0 Å². The fourth-order valence-corrected chi connectivity index (χ4v) is 3.69. The lowest BCUT2D eigenvalue weighted by atomic mass is 9.98. The average molecular weight is 368 g/mol. The molecule has 1 aromatic heterocycles. The maximum Gasteiger partial charge on any atom is 0.254 e. The SMILES string of the molecule is O=C(c1ccc2oc(-c3cccc(F)c3)nc2c1)N1CCCCC1CCO. The molecule has 0 saturated carbocycles. The first-order valence-electron chi connectivity index (χ1n) is 9.24. The summed E-state index contributed by atoms with van der Waals surface area (Å²) in [4.78, 5) is 19.3. The Balaban J connectivity index is 1.64. The summed E-state index contributed by atoms with van der Waals surface area (Å²) in [6, 6.07) is 11.3. The number of aliphatic hydroxyl groups is 1. The van der Waals surface area contributed by atoms with Crippen LogP contribution in [0.2, 0.25) is 0 Å². The van der Waals surface area contributed by atoms with Crippen LogP contribution in [0.4, 0.5) is 4.39 Å². The third kappa shape index (κ3) is 3.57. The smallest absolute Gasteiger partial charge is 0.254 e. The Hall–Kier alpha value is -2.73. The highest BCUT2D eigenvalue weighted by Crippen LogP contribution is 2.27. The van der Waals surface area contributed by atoms with E-state index in [4.69, 9.17) is 4.42 Å². The summed E-state index contributed by atoms with van der Waals surface area (Å²) in [5.41, 5.74) is 2.22. The second-order valence-electron chi connectivity index (χ2n) is 6.87. The molecule has 1 fully saturated rings. The molecule has 1 N–H and O–H groups in total. The van der Waals surface area contributed by atoms with Crippen LogP contribution >= 0.6 is 0 Å². The molecule has 0 aliphatic carbocycles. The van der Waals surface area contributed by atoms with E-state index < -0.39 is 0 Å². The van der Waals surface area contributed by atoms with Gasteiger partial charge in [-0.15, -0.1) is 0 Å². The number of fused-ring (bicyclic) bond motifs is 1. The van der Waals surface area contributed by atoms with Crippen LogP contribution in [0, 0.1) is 5.82 Å². The van der Waals surface area contributed by atoms with E-state index in [1.165, 1.54) is 12.1 Å². The van der Waals surface area contributed by atoms with E-state index in [2.05, 4.69) is 4.98 Å². The van der Waals surface area contributed by atoms with Gasteiger partial charge in [0.05, 0.1) is 0 Å². The Morgan fingerprint density at radius 1 is 1.26 bits per heavy atom. The van der Waals surface area contributed by atoms with Crippen LogP contribution in [0.1, 0.15) is 36.0 Å². The summed E-state index contributed by atoms with van der Waals surface area (Å²) in [5, 5.41) is 9.27. The van der Waals surface area contributed by atoms with Gasteiger partial charge in [-0.2, -0.15) is 0 Å². The van der Waals surface area contributed by atoms with Gasteiger partial charge in [-0.1, -0.05) is 6.07 Å². The molecule has 2 aromatic carbocycles. The van der Waals surface area contributed by atoms with Crippen molar-refractivity contribution in [3.05, 3.63) is 53.8 Å². The van der Waals surface area contributed by atoms with E-state index in [1.54, 1.807) is 30.3 Å². The van der Waals surface area contributed by atoms with E-state index in [1.807, 2.05) is 4.90 Å². The zero-order valence-electron chi connectivity index (χ0n) is 14.9. The molecule has 1 aliphatic heterocycles. The molecule has 2 heterocycles. The monoisotopic (exact) mass is 368 g/mol. The fraction of sp³-hybridized carbons (Fsp3) is 0.333. The number of likely N-dealkylation sites (tertiary alicyclic amines) is 1. The standard InChI is InChI=1S/C21H21FN2O3/c22-16-5-3-4-14(12-16)20-23-18-13-15(7-8-19(18)27-20)21(26)24-10-2-1-6-17(24)9-11-25/h3-5,7-8,12-13,17,25H,1-2,6,9-11H2. The van der Waals surface area contributed by atoms with Crippen molar-refractivity contribution in [1.29, 1.82) is 0 Å². The molecule has 0 bridgehead atoms. The van der Waals surface area contributed by atoms with Crippen LogP contribution in [0.5, 0.6) is 0 Å². The summed E-state index contributed by atoms with van der Waals surface area (Å²) in [5.74, 6) is -0.0822. The third-order valence-corrected chi connectivity index (χ3v) is 5.06. The number of carbonyl (C=O) groups excluding carboxylic acids is 1. The van der Waals surface area contributed by atoms with Gasteiger partial charge >= 0.3 is 0 Å². The molecule has 6 heteroatoms. The molecular weight excluding hydrogens is 347 g/mol. The molecule has 1 unspecified atom stereocenters. The van der Waals surface area contributed by atoms with E-state index in [0.29, 0.717) is 41.1 Å². The van der Waals surface area contributed by atoms with Gasteiger partial charge in [0.2, 0.25) is 5.89 Å². The molecule has 3 aromatic rings. The van der Waals surface area contributed by atoms with Crippen molar-refractivity contribution in [2.75, 3.05) is 13.2 Å². The van der Waals surface area contributed by atoms with Gasteiger partial charge in [-0.25, -0.2) is 9.37 Å². The number of carbonyl (C=O) groups is 1. The Bertz CT molecular complexity index is 967. The van der Waals surface area contributed by atoms with Crippen LogP contribution < -0.4 is 0 Å². The highest BCUT2D eigenvalue weighted by molar-refractivity contribution is 5.97. The van der Waals surface area contributed by atoms with Crippen LogP contribution in [0.15, 0.2) is 46.9 Å². The minimum Gasteiger partial charge on any atom is -0.436 e. The average Bonchev–Trinajstić information content (AvgIpc) is 3.11. The predicted molar refractivity (Wildman–Crippen MR) is 99.8 cm³/mol. The molecule has 140 valence electrons. The number of nitrogens with zero attached hydrogens (tertiary/aromatic N) is 2. The number of rotatable bonds is 4. The predicted octanol–water partition coefficient (Wildman–Crippen LogP) is 4.01. The zero-order valence-corrected chi connectivity index (χ0v) is 14.9. The van der Waals surface area contributed by atoms with Gasteiger partial charge in [0, 0.05) is 30.3 Å². The molecule has 1 aliphatic rings. The van der Waals surface area contributed by atoms with Crippen molar-refractivity contribution in [3.8, 4) is 11.5 Å². The van der Waals surface area contributed by atoms with Crippen molar-refractivity contribution < 1.29 is 18.7 Å². The van der Waals surface area contributed by atoms with E-state index >= 15 is 0 Å². The summed E-state index contributed by atoms with van der Waals surface area (Å²) >= 11 is 0. The summed E-state index contributed by atoms with van der Waals surface area (Å²) < 4.78 is 19.2. The van der Waals surface area contributed by atoms with Gasteiger partial charge in [0.1, 0.15) is 11.3 Å². The van der Waals surface area contributed by atoms with Crippen LogP contribution in [0.3, 0.4) is 0 Å². The summed E-state index contributed by atoms with van der Waals surface area (Å²) in [6.45, 7) is 0.780. The van der Waals surface area contributed by atoms with Crippen LogP contribution in [-0.2, 0) is 0 Å². The van der Waals surface area contributed by atoms with Crippen molar-refractivity contribution in [1.82, 2.24) is 9.88 Å².